The Bertz CT molecular complexity index is 1030. The summed E-state index contributed by atoms with van der Waals surface area (Å²) in [4.78, 5) is 39.2. The maximum atomic E-state index is 11.8. The Labute approximate surface area is 135 Å². The van der Waals surface area contributed by atoms with Crippen LogP contribution in [-0.4, -0.2) is 24.7 Å². The highest BCUT2D eigenvalue weighted by molar-refractivity contribution is 7.55. The van der Waals surface area contributed by atoms with Crippen LogP contribution >= 0.6 is 7.60 Å². The summed E-state index contributed by atoms with van der Waals surface area (Å²) < 4.78 is 12.7. The van der Waals surface area contributed by atoms with Crippen molar-refractivity contribution in [2.45, 2.75) is 6.54 Å². The van der Waals surface area contributed by atoms with Crippen molar-refractivity contribution in [1.29, 1.82) is 0 Å². The maximum absolute atomic E-state index is 11.8. The molecule has 24 heavy (non-hydrogen) atoms. The summed E-state index contributed by atoms with van der Waals surface area (Å²) in [6.07, 6.45) is 2.97. The van der Waals surface area contributed by atoms with Crippen LogP contribution in [0.1, 0.15) is 11.1 Å². The summed E-state index contributed by atoms with van der Waals surface area (Å²) in [5.41, 5.74) is 7.36. The van der Waals surface area contributed by atoms with Crippen molar-refractivity contribution in [1.82, 2.24) is 15.0 Å². The third kappa shape index (κ3) is 3.43. The minimum absolute atomic E-state index is 0.00975. The molecule has 10 heteroatoms. The topological polar surface area (TPSA) is 149 Å². The van der Waals surface area contributed by atoms with Crippen LogP contribution in [0.25, 0.3) is 17.2 Å². The molecule has 3 rings (SSSR count). The molecule has 3 aromatic rings. The minimum Gasteiger partial charge on any atom is -0.355 e. The molecule has 1 aromatic carbocycles. The molecule has 124 valence electrons. The van der Waals surface area contributed by atoms with Gasteiger partial charge in [-0.2, -0.15) is 0 Å². The summed E-state index contributed by atoms with van der Waals surface area (Å²) >= 11 is 0. The van der Waals surface area contributed by atoms with Gasteiger partial charge in [-0.1, -0.05) is 29.2 Å². The second-order valence-electron chi connectivity index (χ2n) is 5.15. The van der Waals surface area contributed by atoms with E-state index in [1.54, 1.807) is 23.0 Å². The molecule has 2 heterocycles. The third-order valence-corrected chi connectivity index (χ3v) is 3.94. The van der Waals surface area contributed by atoms with E-state index in [0.29, 0.717) is 23.3 Å². The van der Waals surface area contributed by atoms with Gasteiger partial charge < -0.3 is 15.5 Å². The lowest BCUT2D eigenvalue weighted by atomic mass is 10.1. The molecule has 0 saturated carbocycles. The van der Waals surface area contributed by atoms with Crippen molar-refractivity contribution in [3.05, 3.63) is 57.9 Å². The molecule has 0 spiro atoms. The van der Waals surface area contributed by atoms with Gasteiger partial charge in [0.15, 0.2) is 6.33 Å². The predicted octanol–water partition coefficient (Wildman–Crippen LogP) is 0.318. The Morgan fingerprint density at radius 3 is 2.83 bits per heavy atom. The lowest BCUT2D eigenvalue weighted by Gasteiger charge is -2.05. The smallest absolute Gasteiger partial charge is 0.349 e. The molecule has 0 aliphatic heterocycles. The molecule has 9 nitrogen and oxygen atoms in total. The quantitative estimate of drug-likeness (QED) is 0.338. The highest BCUT2D eigenvalue weighted by Crippen LogP contribution is 2.37. The fourth-order valence-electron chi connectivity index (χ4n) is 2.34. The predicted molar refractivity (Wildman–Crippen MR) is 87.9 cm³/mol. The number of fused-ring (bicyclic) bond motifs is 1. The van der Waals surface area contributed by atoms with Crippen molar-refractivity contribution in [3.63, 3.8) is 0 Å². The summed E-state index contributed by atoms with van der Waals surface area (Å²) in [7, 11) is -4.24. The number of nitrogens with zero attached hydrogens (tertiary/aromatic N) is 2. The van der Waals surface area contributed by atoms with Crippen LogP contribution < -0.4 is 15.9 Å². The number of benzene rings is 1. The molecule has 0 aliphatic carbocycles. The summed E-state index contributed by atoms with van der Waals surface area (Å²) in [6, 6.07) is 7.14. The average molecular weight is 348 g/mol. The number of nitrogens with one attached hydrogen (secondary N) is 2. The van der Waals surface area contributed by atoms with Crippen molar-refractivity contribution in [3.8, 4) is 0 Å². The third-order valence-electron chi connectivity index (χ3n) is 3.40. The van der Waals surface area contributed by atoms with Crippen LogP contribution in [0.15, 0.2) is 41.2 Å². The number of H-pyrrole nitrogens is 2. The standard InChI is InChI=1S/C14H14N5O4P/c15-14-17-12-11(13(20)18-14)16-8-19(12)7-10-4-2-1-3-9(10)5-6-24(21,22)23/h1-6,8H,7H2,(H5,15,17,18,20,21,22,23)/p+1/b6-5+. The number of aromatic nitrogens is 4. The Hall–Kier alpha value is -2.74. The van der Waals surface area contributed by atoms with Gasteiger partial charge in [0.1, 0.15) is 0 Å². The summed E-state index contributed by atoms with van der Waals surface area (Å²) in [6.45, 7) is 0.345. The highest BCUT2D eigenvalue weighted by Gasteiger charge is 2.17. The molecule has 0 atom stereocenters. The molecule has 0 radical (unpaired) electrons. The second kappa shape index (κ2) is 6.04. The van der Waals surface area contributed by atoms with E-state index in [1.165, 1.54) is 6.08 Å². The minimum atomic E-state index is -4.24. The van der Waals surface area contributed by atoms with E-state index in [2.05, 4.69) is 15.0 Å². The van der Waals surface area contributed by atoms with Gasteiger partial charge in [0.25, 0.3) is 11.5 Å². The second-order valence-corrected chi connectivity index (χ2v) is 6.63. The van der Waals surface area contributed by atoms with E-state index < -0.39 is 7.60 Å². The molecule has 6 N–H and O–H groups in total. The van der Waals surface area contributed by atoms with Crippen LogP contribution in [-0.2, 0) is 11.1 Å². The van der Waals surface area contributed by atoms with E-state index in [9.17, 15) is 9.36 Å². The lowest BCUT2D eigenvalue weighted by molar-refractivity contribution is -0.664. The highest BCUT2D eigenvalue weighted by atomic mass is 31.2. The van der Waals surface area contributed by atoms with Crippen molar-refractivity contribution < 1.29 is 18.9 Å². The zero-order valence-electron chi connectivity index (χ0n) is 12.4. The number of hydrogen-bond acceptors (Lipinski definition) is 4. The SMILES string of the molecule is Nc1nc2c([nH]c[n+]2Cc2ccccc2/C=C/P(=O)(O)O)c(=O)[nH]1. The van der Waals surface area contributed by atoms with Crippen molar-refractivity contribution >= 4 is 30.8 Å². The van der Waals surface area contributed by atoms with Gasteiger partial charge in [0, 0.05) is 5.82 Å². The first-order valence-corrected chi connectivity index (χ1v) is 8.60. The van der Waals surface area contributed by atoms with E-state index >= 15 is 0 Å². The van der Waals surface area contributed by atoms with Gasteiger partial charge in [-0.3, -0.25) is 19.3 Å². The summed E-state index contributed by atoms with van der Waals surface area (Å²) in [5, 5.41) is 0. The molecule has 2 aromatic heterocycles. The zero-order valence-corrected chi connectivity index (χ0v) is 13.3. The number of hydrogen-bond donors (Lipinski definition) is 5. The van der Waals surface area contributed by atoms with Crippen molar-refractivity contribution in [2.24, 2.45) is 0 Å². The normalized spacial score (nSPS) is 12.2. The fourth-order valence-corrected chi connectivity index (χ4v) is 2.70. The number of imidazole rings is 1. The zero-order chi connectivity index (χ0) is 17.3. The first-order chi connectivity index (χ1) is 11.3. The van der Waals surface area contributed by atoms with Crippen molar-refractivity contribution in [2.75, 3.05) is 5.73 Å². The largest absolute Gasteiger partial charge is 0.355 e. The van der Waals surface area contributed by atoms with Crippen LogP contribution in [0.4, 0.5) is 5.95 Å². The van der Waals surface area contributed by atoms with E-state index in [-0.39, 0.29) is 11.5 Å². The molecule has 0 aliphatic rings. The summed E-state index contributed by atoms with van der Waals surface area (Å²) in [5.74, 6) is 0.864. The molecule has 0 amide bonds. The average Bonchev–Trinajstić information content (AvgIpc) is 2.89. The Morgan fingerprint density at radius 2 is 2.08 bits per heavy atom. The number of rotatable bonds is 4. The number of nitrogens with two attached hydrogens (primary N) is 1. The fraction of sp³-hybridized carbons (Fsp3) is 0.0714. The number of aromatic amines is 2. The van der Waals surface area contributed by atoms with E-state index in [4.69, 9.17) is 15.5 Å². The van der Waals surface area contributed by atoms with Gasteiger partial charge in [-0.25, -0.2) is 4.57 Å². The van der Waals surface area contributed by atoms with Gasteiger partial charge >= 0.3 is 13.2 Å². The Morgan fingerprint density at radius 1 is 1.33 bits per heavy atom. The van der Waals surface area contributed by atoms with E-state index in [0.717, 1.165) is 11.4 Å². The number of nitrogen functional groups attached to an aromatic ring is 1. The first kappa shape index (κ1) is 16.1. The first-order valence-electron chi connectivity index (χ1n) is 6.92. The molecule has 0 fully saturated rings. The van der Waals surface area contributed by atoms with Gasteiger partial charge in [-0.15, -0.1) is 0 Å². The molecule has 0 saturated heterocycles. The van der Waals surface area contributed by atoms with Crippen LogP contribution in [0.5, 0.6) is 0 Å². The Kier molecular flexibility index (Phi) is 4.06. The maximum Gasteiger partial charge on any atom is 0.349 e. The molecular formula is C14H15N5O4P+. The van der Waals surface area contributed by atoms with Gasteiger partial charge in [0.2, 0.25) is 5.52 Å². The Balaban J connectivity index is 2.02. The van der Waals surface area contributed by atoms with Crippen LogP contribution in [0.3, 0.4) is 0 Å². The van der Waals surface area contributed by atoms with Gasteiger partial charge in [-0.05, 0) is 17.2 Å². The van der Waals surface area contributed by atoms with Crippen LogP contribution in [0.2, 0.25) is 0 Å². The molecule has 0 bridgehead atoms. The lowest BCUT2D eigenvalue weighted by Crippen LogP contribution is -2.34. The van der Waals surface area contributed by atoms with Gasteiger partial charge in [0.05, 0.1) is 6.54 Å². The van der Waals surface area contributed by atoms with Crippen LogP contribution in [0, 0.1) is 0 Å². The number of anilines is 1. The molecule has 0 unspecified atom stereocenters. The van der Waals surface area contributed by atoms with E-state index in [1.807, 2.05) is 12.1 Å². The monoisotopic (exact) mass is 348 g/mol. The molecular weight excluding hydrogens is 333 g/mol.